The number of nitro groups is 1. The van der Waals surface area contributed by atoms with Gasteiger partial charge < -0.3 is 10.2 Å². The van der Waals surface area contributed by atoms with E-state index in [-0.39, 0.29) is 16.9 Å². The van der Waals surface area contributed by atoms with E-state index in [4.69, 9.17) is 5.84 Å². The van der Waals surface area contributed by atoms with Gasteiger partial charge in [-0.25, -0.2) is 0 Å². The second-order valence-electron chi connectivity index (χ2n) is 3.95. The Morgan fingerprint density at radius 2 is 1.90 bits per heavy atom. The molecule has 1 aromatic rings. The van der Waals surface area contributed by atoms with Gasteiger partial charge in [-0.2, -0.15) is 22.0 Å². The summed E-state index contributed by atoms with van der Waals surface area (Å²) in [6.07, 6.45) is -5.70. The Morgan fingerprint density at radius 1 is 1.29 bits per heavy atom. The topological polar surface area (TPSA) is 90.4 Å². The van der Waals surface area contributed by atoms with Crippen LogP contribution in [0.15, 0.2) is 18.2 Å². The predicted octanol–water partition coefficient (Wildman–Crippen LogP) is 2.59. The quantitative estimate of drug-likeness (QED) is 0.364. The molecule has 0 radical (unpaired) electrons. The van der Waals surface area contributed by atoms with Crippen LogP contribution in [-0.4, -0.2) is 23.6 Å². The van der Waals surface area contributed by atoms with E-state index in [1.165, 1.54) is 0 Å². The molecule has 0 fully saturated rings. The third kappa shape index (κ3) is 4.23. The van der Waals surface area contributed by atoms with Gasteiger partial charge in [-0.15, -0.1) is 0 Å². The van der Waals surface area contributed by atoms with Gasteiger partial charge in [-0.1, -0.05) is 0 Å². The Kier molecular flexibility index (Phi) is 5.01. The molecule has 11 heteroatoms. The summed E-state index contributed by atoms with van der Waals surface area (Å²) in [5, 5.41) is 10.6. The zero-order chi connectivity index (χ0) is 16.3. The molecule has 0 amide bonds. The molecule has 0 aliphatic carbocycles. The molecule has 0 saturated heterocycles. The van der Waals surface area contributed by atoms with Gasteiger partial charge in [0.2, 0.25) is 0 Å². The SMILES string of the molecule is NNc1cc(COCC(F)(F)C(F)(F)F)ccc1[N+](=O)[O-]. The first-order chi connectivity index (χ1) is 9.58. The molecular formula is C10H10F5N3O3. The van der Waals surface area contributed by atoms with Gasteiger partial charge in [-0.3, -0.25) is 16.0 Å². The Morgan fingerprint density at radius 3 is 2.38 bits per heavy atom. The fraction of sp³-hybridized carbons (Fsp3) is 0.400. The molecule has 0 atom stereocenters. The Hall–Kier alpha value is -2.01. The van der Waals surface area contributed by atoms with Crippen molar-refractivity contribution in [2.24, 2.45) is 5.84 Å². The first-order valence-electron chi connectivity index (χ1n) is 5.34. The van der Waals surface area contributed by atoms with E-state index < -0.39 is 30.2 Å². The highest BCUT2D eigenvalue weighted by molar-refractivity contribution is 5.61. The number of rotatable bonds is 6. The smallest absolute Gasteiger partial charge is 0.370 e. The monoisotopic (exact) mass is 315 g/mol. The van der Waals surface area contributed by atoms with Crippen molar-refractivity contribution in [3.05, 3.63) is 33.9 Å². The van der Waals surface area contributed by atoms with Crippen LogP contribution in [0, 0.1) is 10.1 Å². The summed E-state index contributed by atoms with van der Waals surface area (Å²) in [6.45, 7) is -2.43. The number of nitrogens with zero attached hydrogens (tertiary/aromatic N) is 1. The van der Waals surface area contributed by atoms with E-state index in [0.29, 0.717) is 0 Å². The molecule has 0 saturated carbocycles. The number of nitrogens with one attached hydrogen (secondary N) is 1. The van der Waals surface area contributed by atoms with Gasteiger partial charge in [0.05, 0.1) is 11.5 Å². The van der Waals surface area contributed by atoms with E-state index in [1.807, 2.05) is 5.43 Å². The molecule has 0 aliphatic heterocycles. The van der Waals surface area contributed by atoms with Crippen molar-refractivity contribution in [1.29, 1.82) is 0 Å². The molecule has 3 N–H and O–H groups in total. The van der Waals surface area contributed by atoms with E-state index in [2.05, 4.69) is 4.74 Å². The highest BCUT2D eigenvalue weighted by Gasteiger charge is 2.57. The molecule has 1 aromatic carbocycles. The molecule has 0 aromatic heterocycles. The average molecular weight is 315 g/mol. The molecule has 118 valence electrons. The summed E-state index contributed by atoms with van der Waals surface area (Å²) in [5.41, 5.74) is 1.67. The van der Waals surface area contributed by atoms with Gasteiger partial charge in [0.1, 0.15) is 12.3 Å². The minimum absolute atomic E-state index is 0.122. The number of alkyl halides is 5. The van der Waals surface area contributed by atoms with E-state index in [1.54, 1.807) is 0 Å². The molecule has 1 rings (SSSR count). The summed E-state index contributed by atoms with van der Waals surface area (Å²) >= 11 is 0. The number of hydrazine groups is 1. The predicted molar refractivity (Wildman–Crippen MR) is 61.6 cm³/mol. The first-order valence-corrected chi connectivity index (χ1v) is 5.34. The number of nitrogens with two attached hydrogens (primary N) is 1. The number of benzene rings is 1. The first kappa shape index (κ1) is 17.0. The van der Waals surface area contributed by atoms with Crippen LogP contribution in [0.3, 0.4) is 0 Å². The van der Waals surface area contributed by atoms with E-state index >= 15 is 0 Å². The maximum Gasteiger partial charge on any atom is 0.455 e. The van der Waals surface area contributed by atoms with Crippen molar-refractivity contribution in [3.8, 4) is 0 Å². The second-order valence-corrected chi connectivity index (χ2v) is 3.95. The van der Waals surface area contributed by atoms with Crippen molar-refractivity contribution in [3.63, 3.8) is 0 Å². The molecular weight excluding hydrogens is 305 g/mol. The zero-order valence-corrected chi connectivity index (χ0v) is 10.3. The van der Waals surface area contributed by atoms with Crippen molar-refractivity contribution in [2.75, 3.05) is 12.0 Å². The summed E-state index contributed by atoms with van der Waals surface area (Å²) in [4.78, 5) is 9.86. The van der Waals surface area contributed by atoms with Gasteiger partial charge in [0.25, 0.3) is 5.69 Å². The number of anilines is 1. The summed E-state index contributed by atoms with van der Waals surface area (Å²) < 4.78 is 65.1. The normalized spacial score (nSPS) is 12.3. The van der Waals surface area contributed by atoms with Crippen molar-refractivity contribution in [1.82, 2.24) is 0 Å². The molecule has 21 heavy (non-hydrogen) atoms. The van der Waals surface area contributed by atoms with Gasteiger partial charge in [0.15, 0.2) is 0 Å². The lowest BCUT2D eigenvalue weighted by molar-refractivity contribution is -0.384. The summed E-state index contributed by atoms with van der Waals surface area (Å²) in [7, 11) is 0. The highest BCUT2D eigenvalue weighted by atomic mass is 19.4. The third-order valence-corrected chi connectivity index (χ3v) is 2.38. The van der Waals surface area contributed by atoms with Crippen LogP contribution in [0.2, 0.25) is 0 Å². The van der Waals surface area contributed by atoms with E-state index in [0.717, 1.165) is 18.2 Å². The van der Waals surface area contributed by atoms with E-state index in [9.17, 15) is 32.1 Å². The minimum atomic E-state index is -5.70. The summed E-state index contributed by atoms with van der Waals surface area (Å²) in [5.74, 6) is 0.0788. The largest absolute Gasteiger partial charge is 0.455 e. The van der Waals surface area contributed by atoms with Crippen LogP contribution in [0.1, 0.15) is 5.56 Å². The molecule has 0 bridgehead atoms. The lowest BCUT2D eigenvalue weighted by Gasteiger charge is -2.19. The molecule has 0 spiro atoms. The highest BCUT2D eigenvalue weighted by Crippen LogP contribution is 2.35. The fourth-order valence-corrected chi connectivity index (χ4v) is 1.33. The van der Waals surface area contributed by atoms with Crippen LogP contribution in [0.4, 0.5) is 33.3 Å². The summed E-state index contributed by atoms with van der Waals surface area (Å²) in [6, 6.07) is 3.30. The standard InChI is InChI=1S/C10H10F5N3O3/c11-9(12,10(13,14)15)5-21-4-6-1-2-8(18(19)20)7(3-6)17-16/h1-3,17H,4-5,16H2. The van der Waals surface area contributed by atoms with Gasteiger partial charge >= 0.3 is 12.1 Å². The maximum absolute atomic E-state index is 12.6. The number of hydrogen-bond donors (Lipinski definition) is 2. The number of nitro benzene ring substituents is 1. The third-order valence-electron chi connectivity index (χ3n) is 2.38. The minimum Gasteiger partial charge on any atom is -0.370 e. The Balaban J connectivity index is 2.71. The Bertz CT molecular complexity index is 521. The van der Waals surface area contributed by atoms with Crippen molar-refractivity contribution < 1.29 is 31.6 Å². The lowest BCUT2D eigenvalue weighted by atomic mass is 10.2. The number of nitrogen functional groups attached to an aromatic ring is 1. The number of halogens is 5. The van der Waals surface area contributed by atoms with Crippen molar-refractivity contribution >= 4 is 11.4 Å². The number of ether oxygens (including phenoxy) is 1. The Labute approximate surface area is 114 Å². The molecule has 0 heterocycles. The van der Waals surface area contributed by atoms with Crippen LogP contribution in [0.25, 0.3) is 0 Å². The lowest BCUT2D eigenvalue weighted by Crippen LogP contribution is -2.40. The molecule has 6 nitrogen and oxygen atoms in total. The average Bonchev–Trinajstić information content (AvgIpc) is 2.36. The zero-order valence-electron chi connectivity index (χ0n) is 10.3. The van der Waals surface area contributed by atoms with Gasteiger partial charge in [-0.05, 0) is 17.7 Å². The van der Waals surface area contributed by atoms with Crippen LogP contribution in [0.5, 0.6) is 0 Å². The van der Waals surface area contributed by atoms with Crippen LogP contribution >= 0.6 is 0 Å². The van der Waals surface area contributed by atoms with Crippen LogP contribution in [-0.2, 0) is 11.3 Å². The molecule has 0 unspecified atom stereocenters. The van der Waals surface area contributed by atoms with Crippen LogP contribution < -0.4 is 11.3 Å². The second kappa shape index (κ2) is 6.18. The maximum atomic E-state index is 12.6. The van der Waals surface area contributed by atoms with Crippen molar-refractivity contribution in [2.45, 2.75) is 18.7 Å². The fourth-order valence-electron chi connectivity index (χ4n) is 1.33. The van der Waals surface area contributed by atoms with Gasteiger partial charge in [0, 0.05) is 6.07 Å². The number of hydrogen-bond acceptors (Lipinski definition) is 5. The molecule has 0 aliphatic rings.